The number of hydrogen-bond acceptors (Lipinski definition) is 5. The van der Waals surface area contributed by atoms with Crippen molar-refractivity contribution in [2.45, 2.75) is 12.8 Å². The summed E-state index contributed by atoms with van der Waals surface area (Å²) in [5.74, 6) is 0.952. The van der Waals surface area contributed by atoms with Crippen LogP contribution in [0.1, 0.15) is 23.3 Å². The van der Waals surface area contributed by atoms with E-state index in [1.807, 2.05) is 0 Å². The van der Waals surface area contributed by atoms with Gasteiger partial charge < -0.3 is 9.69 Å². The number of aldehydes is 2. The Bertz CT molecular complexity index is 369. The summed E-state index contributed by atoms with van der Waals surface area (Å²) in [6.07, 6.45) is 3.43. The Balaban J connectivity index is 2.02. The van der Waals surface area contributed by atoms with Crippen LogP contribution >= 0.6 is 0 Å². The van der Waals surface area contributed by atoms with E-state index >= 15 is 0 Å². The second-order valence-corrected chi connectivity index (χ2v) is 3.89. The zero-order valence-corrected chi connectivity index (χ0v) is 8.87. The van der Waals surface area contributed by atoms with Crippen molar-refractivity contribution in [1.82, 2.24) is 10.2 Å². The lowest BCUT2D eigenvalue weighted by Crippen LogP contribution is -2.34. The molecule has 0 saturated carbocycles. The maximum Gasteiger partial charge on any atom is 0.170 e. The Morgan fingerprint density at radius 2 is 1.94 bits per heavy atom. The van der Waals surface area contributed by atoms with Crippen LogP contribution in [0.5, 0.6) is 0 Å². The molecule has 16 heavy (non-hydrogen) atoms. The molecule has 1 aliphatic heterocycles. The van der Waals surface area contributed by atoms with Gasteiger partial charge in [-0.1, -0.05) is 0 Å². The van der Waals surface area contributed by atoms with Gasteiger partial charge in [0.1, 0.15) is 12.0 Å². The number of rotatable bonds is 3. The van der Waals surface area contributed by atoms with Gasteiger partial charge in [0.2, 0.25) is 0 Å². The molecule has 0 atom stereocenters. The van der Waals surface area contributed by atoms with Gasteiger partial charge in [-0.25, -0.2) is 0 Å². The van der Waals surface area contributed by atoms with Gasteiger partial charge in [0, 0.05) is 19.0 Å². The molecule has 1 fully saturated rings. The van der Waals surface area contributed by atoms with Gasteiger partial charge >= 0.3 is 0 Å². The first kappa shape index (κ1) is 10.7. The third-order valence-corrected chi connectivity index (χ3v) is 2.85. The summed E-state index contributed by atoms with van der Waals surface area (Å²) in [5, 5.41) is 7.76. The minimum Gasteiger partial charge on any atom is -0.355 e. The summed E-state index contributed by atoms with van der Waals surface area (Å²) in [6, 6.07) is 3.44. The maximum absolute atomic E-state index is 10.6. The van der Waals surface area contributed by atoms with Gasteiger partial charge in [-0.15, -0.1) is 10.2 Å². The van der Waals surface area contributed by atoms with E-state index in [-0.39, 0.29) is 5.92 Å². The van der Waals surface area contributed by atoms with E-state index < -0.39 is 0 Å². The molecule has 1 aromatic rings. The molecule has 5 heteroatoms. The van der Waals surface area contributed by atoms with Gasteiger partial charge in [-0.2, -0.15) is 0 Å². The normalized spacial score (nSPS) is 17.1. The standard InChI is InChI=1S/C11H13N3O2/c15-7-9-3-5-14(6-4-9)11-2-1-10(8-16)12-13-11/h1-2,7-9H,3-6H2. The van der Waals surface area contributed by atoms with Gasteiger partial charge in [0.25, 0.3) is 0 Å². The molecular formula is C11H13N3O2. The maximum atomic E-state index is 10.6. The lowest BCUT2D eigenvalue weighted by Gasteiger charge is -2.30. The molecule has 0 bridgehead atoms. The summed E-state index contributed by atoms with van der Waals surface area (Å²) >= 11 is 0. The van der Waals surface area contributed by atoms with Crippen molar-refractivity contribution >= 4 is 18.4 Å². The third kappa shape index (κ3) is 2.24. The third-order valence-electron chi connectivity index (χ3n) is 2.85. The first-order chi connectivity index (χ1) is 7.83. The summed E-state index contributed by atoms with van der Waals surface area (Å²) in [4.78, 5) is 23.1. The van der Waals surface area contributed by atoms with Crippen molar-refractivity contribution in [2.24, 2.45) is 5.92 Å². The van der Waals surface area contributed by atoms with Crippen LogP contribution in [-0.2, 0) is 4.79 Å². The molecule has 0 spiro atoms. The van der Waals surface area contributed by atoms with Crippen LogP contribution in [0.15, 0.2) is 12.1 Å². The predicted octanol–water partition coefficient (Wildman–Crippen LogP) is 0.704. The Labute approximate surface area is 93.5 Å². The summed E-state index contributed by atoms with van der Waals surface area (Å²) in [6.45, 7) is 1.64. The number of aromatic nitrogens is 2. The highest BCUT2D eigenvalue weighted by atomic mass is 16.1. The lowest BCUT2D eigenvalue weighted by molar-refractivity contribution is -0.111. The van der Waals surface area contributed by atoms with Crippen LogP contribution in [0.3, 0.4) is 0 Å². The number of nitrogens with zero attached hydrogens (tertiary/aromatic N) is 3. The van der Waals surface area contributed by atoms with E-state index in [1.54, 1.807) is 12.1 Å². The molecule has 1 aliphatic rings. The molecule has 5 nitrogen and oxygen atoms in total. The van der Waals surface area contributed by atoms with Crippen molar-refractivity contribution in [2.75, 3.05) is 18.0 Å². The Hall–Kier alpha value is -1.78. The molecular weight excluding hydrogens is 206 g/mol. The van der Waals surface area contributed by atoms with Crippen LogP contribution in [0.2, 0.25) is 0 Å². The number of carbonyl (C=O) groups excluding carboxylic acids is 2. The van der Waals surface area contributed by atoms with Crippen LogP contribution in [0.4, 0.5) is 5.82 Å². The molecule has 0 aromatic carbocycles. The molecule has 0 amide bonds. The predicted molar refractivity (Wildman–Crippen MR) is 58.4 cm³/mol. The summed E-state index contributed by atoms with van der Waals surface area (Å²) < 4.78 is 0. The molecule has 2 rings (SSSR count). The van der Waals surface area contributed by atoms with Crippen LogP contribution in [-0.4, -0.2) is 35.9 Å². The van der Waals surface area contributed by atoms with Gasteiger partial charge in [-0.05, 0) is 25.0 Å². The number of piperidine rings is 1. The summed E-state index contributed by atoms with van der Waals surface area (Å²) in [5.41, 5.74) is 0.339. The molecule has 1 aromatic heterocycles. The largest absolute Gasteiger partial charge is 0.355 e. The SMILES string of the molecule is O=Cc1ccc(N2CCC(C=O)CC2)nn1. The number of anilines is 1. The first-order valence-electron chi connectivity index (χ1n) is 5.32. The van der Waals surface area contributed by atoms with Crippen molar-refractivity contribution < 1.29 is 9.59 Å². The minimum absolute atomic E-state index is 0.179. The Kier molecular flexibility index (Phi) is 3.24. The first-order valence-corrected chi connectivity index (χ1v) is 5.32. The van der Waals surface area contributed by atoms with E-state index in [1.165, 1.54) is 0 Å². The van der Waals surface area contributed by atoms with Crippen LogP contribution in [0.25, 0.3) is 0 Å². The van der Waals surface area contributed by atoms with E-state index in [0.29, 0.717) is 12.0 Å². The van der Waals surface area contributed by atoms with Gasteiger partial charge in [-0.3, -0.25) is 4.79 Å². The van der Waals surface area contributed by atoms with Crippen LogP contribution < -0.4 is 4.90 Å². The monoisotopic (exact) mass is 219 g/mol. The van der Waals surface area contributed by atoms with Crippen molar-refractivity contribution in [3.8, 4) is 0 Å². The quantitative estimate of drug-likeness (QED) is 0.700. The number of carbonyl (C=O) groups is 2. The van der Waals surface area contributed by atoms with E-state index in [2.05, 4.69) is 15.1 Å². The Morgan fingerprint density at radius 1 is 1.19 bits per heavy atom. The Morgan fingerprint density at radius 3 is 2.44 bits per heavy atom. The fourth-order valence-electron chi connectivity index (χ4n) is 1.83. The summed E-state index contributed by atoms with van der Waals surface area (Å²) in [7, 11) is 0. The fourth-order valence-corrected chi connectivity index (χ4v) is 1.83. The van der Waals surface area contributed by atoms with Gasteiger partial charge in [0.05, 0.1) is 0 Å². The highest BCUT2D eigenvalue weighted by Crippen LogP contribution is 2.19. The minimum atomic E-state index is 0.179. The van der Waals surface area contributed by atoms with Gasteiger partial charge in [0.15, 0.2) is 12.1 Å². The average molecular weight is 219 g/mol. The average Bonchev–Trinajstić information content (AvgIpc) is 2.39. The molecule has 0 radical (unpaired) electrons. The molecule has 1 saturated heterocycles. The van der Waals surface area contributed by atoms with E-state index in [4.69, 9.17) is 0 Å². The van der Waals surface area contributed by atoms with Crippen molar-refractivity contribution in [3.05, 3.63) is 17.8 Å². The van der Waals surface area contributed by atoms with Crippen LogP contribution in [0, 0.1) is 5.92 Å². The molecule has 0 N–H and O–H groups in total. The zero-order chi connectivity index (χ0) is 11.4. The fraction of sp³-hybridized carbons (Fsp3) is 0.455. The number of hydrogen-bond donors (Lipinski definition) is 0. The molecule has 2 heterocycles. The topological polar surface area (TPSA) is 63.2 Å². The zero-order valence-electron chi connectivity index (χ0n) is 8.87. The highest BCUT2D eigenvalue weighted by Gasteiger charge is 2.19. The molecule has 84 valence electrons. The second kappa shape index (κ2) is 4.83. The van der Waals surface area contributed by atoms with E-state index in [0.717, 1.165) is 38.0 Å². The van der Waals surface area contributed by atoms with E-state index in [9.17, 15) is 9.59 Å². The second-order valence-electron chi connectivity index (χ2n) is 3.89. The lowest BCUT2D eigenvalue weighted by atomic mass is 9.99. The van der Waals surface area contributed by atoms with Crippen molar-refractivity contribution in [1.29, 1.82) is 0 Å². The van der Waals surface area contributed by atoms with Crippen molar-refractivity contribution in [3.63, 3.8) is 0 Å². The molecule has 0 aliphatic carbocycles. The highest BCUT2D eigenvalue weighted by molar-refractivity contribution is 5.71. The smallest absolute Gasteiger partial charge is 0.170 e. The molecule has 0 unspecified atom stereocenters.